The molecule has 2 fully saturated rings. The first kappa shape index (κ1) is 13.6. The molecule has 1 atom stereocenters. The topological polar surface area (TPSA) is 56.9 Å². The fourth-order valence-electron chi connectivity index (χ4n) is 2.83. The highest BCUT2D eigenvalue weighted by molar-refractivity contribution is 5.79. The first-order valence-electron chi connectivity index (χ1n) is 7.20. The first-order chi connectivity index (χ1) is 8.70. The van der Waals surface area contributed by atoms with E-state index < -0.39 is 0 Å². The van der Waals surface area contributed by atoms with Crippen LogP contribution < -0.4 is 11.3 Å². The summed E-state index contributed by atoms with van der Waals surface area (Å²) in [5, 5.41) is 0. The lowest BCUT2D eigenvalue weighted by molar-refractivity contribution is 0.149. The van der Waals surface area contributed by atoms with E-state index in [9.17, 15) is 0 Å². The summed E-state index contributed by atoms with van der Waals surface area (Å²) in [5.74, 6) is 6.56. The summed E-state index contributed by atoms with van der Waals surface area (Å²) in [4.78, 5) is 9.50. The molecule has 1 saturated carbocycles. The molecule has 5 heteroatoms. The minimum atomic E-state index is 0.472. The molecular formula is C13H27N5. The molecule has 0 aromatic carbocycles. The Kier molecular flexibility index (Phi) is 4.83. The second-order valence-corrected chi connectivity index (χ2v) is 5.66. The Labute approximate surface area is 110 Å². The van der Waals surface area contributed by atoms with E-state index in [1.165, 1.54) is 32.1 Å². The number of likely N-dealkylation sites (N-methyl/N-ethyl adjacent to an activating group) is 1. The van der Waals surface area contributed by atoms with Gasteiger partial charge in [-0.2, -0.15) is 0 Å². The normalized spacial score (nSPS) is 28.5. The number of rotatable bonds is 1. The number of nitrogens with one attached hydrogen (secondary N) is 1. The van der Waals surface area contributed by atoms with Crippen molar-refractivity contribution in [1.29, 1.82) is 0 Å². The van der Waals surface area contributed by atoms with E-state index >= 15 is 0 Å². The van der Waals surface area contributed by atoms with Gasteiger partial charge in [0.25, 0.3) is 0 Å². The third-order valence-corrected chi connectivity index (χ3v) is 4.27. The van der Waals surface area contributed by atoms with Crippen LogP contribution >= 0.6 is 0 Å². The predicted molar refractivity (Wildman–Crippen MR) is 75.3 cm³/mol. The van der Waals surface area contributed by atoms with Crippen molar-refractivity contribution >= 4 is 5.96 Å². The lowest BCUT2D eigenvalue weighted by Crippen LogP contribution is -2.56. The quantitative estimate of drug-likeness (QED) is 0.314. The zero-order valence-electron chi connectivity index (χ0n) is 11.7. The van der Waals surface area contributed by atoms with Gasteiger partial charge in [-0.3, -0.25) is 5.43 Å². The number of hydrazine groups is 1. The fraction of sp³-hybridized carbons (Fsp3) is 0.923. The van der Waals surface area contributed by atoms with Gasteiger partial charge in [0.05, 0.1) is 6.04 Å². The van der Waals surface area contributed by atoms with Gasteiger partial charge in [-0.15, -0.1) is 0 Å². The number of nitrogens with zero attached hydrogens (tertiary/aromatic N) is 3. The summed E-state index contributed by atoms with van der Waals surface area (Å²) >= 11 is 0. The number of aliphatic imine (C=N–C) groups is 1. The van der Waals surface area contributed by atoms with Gasteiger partial charge in [0.15, 0.2) is 0 Å². The summed E-state index contributed by atoms with van der Waals surface area (Å²) in [5.41, 5.74) is 2.81. The van der Waals surface area contributed by atoms with Gasteiger partial charge >= 0.3 is 0 Å². The maximum absolute atomic E-state index is 5.66. The van der Waals surface area contributed by atoms with Gasteiger partial charge in [-0.25, -0.2) is 10.8 Å². The molecule has 2 rings (SSSR count). The molecule has 1 saturated heterocycles. The van der Waals surface area contributed by atoms with E-state index in [4.69, 9.17) is 10.8 Å². The minimum absolute atomic E-state index is 0.472. The molecule has 18 heavy (non-hydrogen) atoms. The van der Waals surface area contributed by atoms with Crippen LogP contribution in [0.1, 0.15) is 39.0 Å². The summed E-state index contributed by atoms with van der Waals surface area (Å²) in [6.07, 6.45) is 6.42. The number of piperazine rings is 1. The van der Waals surface area contributed by atoms with Crippen molar-refractivity contribution in [1.82, 2.24) is 15.2 Å². The second kappa shape index (κ2) is 6.38. The van der Waals surface area contributed by atoms with Gasteiger partial charge in [0.2, 0.25) is 5.96 Å². The molecule has 104 valence electrons. The van der Waals surface area contributed by atoms with Crippen LogP contribution in [0.5, 0.6) is 0 Å². The number of nitrogens with two attached hydrogens (primary N) is 1. The van der Waals surface area contributed by atoms with Gasteiger partial charge < -0.3 is 9.80 Å². The van der Waals surface area contributed by atoms with E-state index in [0.29, 0.717) is 12.1 Å². The van der Waals surface area contributed by atoms with E-state index in [1.54, 1.807) is 0 Å². The lowest BCUT2D eigenvalue weighted by atomic mass is 9.96. The molecule has 0 bridgehead atoms. The second-order valence-electron chi connectivity index (χ2n) is 5.66. The van der Waals surface area contributed by atoms with E-state index in [0.717, 1.165) is 25.6 Å². The van der Waals surface area contributed by atoms with Crippen molar-refractivity contribution in [3.8, 4) is 0 Å². The van der Waals surface area contributed by atoms with Crippen molar-refractivity contribution < 1.29 is 0 Å². The fourth-order valence-corrected chi connectivity index (χ4v) is 2.83. The average molecular weight is 253 g/mol. The zero-order chi connectivity index (χ0) is 13.0. The molecule has 0 radical (unpaired) electrons. The van der Waals surface area contributed by atoms with Gasteiger partial charge in [0, 0.05) is 25.7 Å². The van der Waals surface area contributed by atoms with Crippen LogP contribution in [0.4, 0.5) is 0 Å². The molecule has 0 amide bonds. The van der Waals surface area contributed by atoms with E-state index in [2.05, 4.69) is 29.2 Å². The van der Waals surface area contributed by atoms with Gasteiger partial charge in [-0.1, -0.05) is 19.3 Å². The lowest BCUT2D eigenvalue weighted by Gasteiger charge is -2.39. The Morgan fingerprint density at radius 1 is 1.22 bits per heavy atom. The molecule has 2 aliphatic rings. The van der Waals surface area contributed by atoms with Crippen LogP contribution in [0.3, 0.4) is 0 Å². The summed E-state index contributed by atoms with van der Waals surface area (Å²) in [6.45, 7) is 5.34. The highest BCUT2D eigenvalue weighted by Crippen LogP contribution is 2.20. The van der Waals surface area contributed by atoms with Crippen molar-refractivity contribution in [2.45, 2.75) is 51.1 Å². The molecule has 5 nitrogen and oxygen atoms in total. The molecule has 0 spiro atoms. The zero-order valence-corrected chi connectivity index (χ0v) is 11.7. The van der Waals surface area contributed by atoms with Crippen LogP contribution in [-0.4, -0.2) is 54.5 Å². The minimum Gasteiger partial charge on any atom is -0.339 e. The summed E-state index contributed by atoms with van der Waals surface area (Å²) in [7, 11) is 2.18. The van der Waals surface area contributed by atoms with Gasteiger partial charge in [-0.05, 0) is 26.8 Å². The molecule has 1 aliphatic carbocycles. The molecular weight excluding hydrogens is 226 g/mol. The largest absolute Gasteiger partial charge is 0.339 e. The Bertz CT molecular complexity index is 285. The van der Waals surface area contributed by atoms with Crippen molar-refractivity contribution in [3.63, 3.8) is 0 Å². The molecule has 1 aliphatic heterocycles. The van der Waals surface area contributed by atoms with E-state index in [1.807, 2.05) is 0 Å². The van der Waals surface area contributed by atoms with Crippen molar-refractivity contribution in [2.75, 3.05) is 26.7 Å². The van der Waals surface area contributed by atoms with Crippen LogP contribution in [-0.2, 0) is 0 Å². The Hall–Kier alpha value is -0.810. The number of guanidine groups is 1. The standard InChI is InChI=1S/C13H27N5/c1-11-10-18(9-8-17(11)2)13(16-14)15-12-6-4-3-5-7-12/h11-12H,3-10,14H2,1-2H3,(H,15,16). The molecule has 1 unspecified atom stereocenters. The number of hydrogen-bond donors (Lipinski definition) is 2. The highest BCUT2D eigenvalue weighted by atomic mass is 15.4. The molecule has 3 N–H and O–H groups in total. The Balaban J connectivity index is 1.96. The van der Waals surface area contributed by atoms with Crippen LogP contribution in [0.15, 0.2) is 4.99 Å². The monoisotopic (exact) mass is 253 g/mol. The van der Waals surface area contributed by atoms with Crippen molar-refractivity contribution in [2.24, 2.45) is 10.8 Å². The molecule has 0 aromatic rings. The third-order valence-electron chi connectivity index (χ3n) is 4.27. The highest BCUT2D eigenvalue weighted by Gasteiger charge is 2.23. The summed E-state index contributed by atoms with van der Waals surface area (Å²) in [6, 6.07) is 1.03. The number of hydrogen-bond acceptors (Lipinski definition) is 3. The SMILES string of the molecule is CC1CN(C(=NC2CCCCC2)NN)CCN1C. The van der Waals surface area contributed by atoms with Crippen LogP contribution in [0.25, 0.3) is 0 Å². The Morgan fingerprint density at radius 2 is 1.94 bits per heavy atom. The van der Waals surface area contributed by atoms with Crippen molar-refractivity contribution in [3.05, 3.63) is 0 Å². The molecule has 0 aromatic heterocycles. The van der Waals surface area contributed by atoms with Crippen LogP contribution in [0.2, 0.25) is 0 Å². The maximum atomic E-state index is 5.66. The maximum Gasteiger partial charge on any atom is 0.208 e. The van der Waals surface area contributed by atoms with Gasteiger partial charge in [0.1, 0.15) is 0 Å². The van der Waals surface area contributed by atoms with E-state index in [-0.39, 0.29) is 0 Å². The summed E-state index contributed by atoms with van der Waals surface area (Å²) < 4.78 is 0. The third kappa shape index (κ3) is 3.36. The average Bonchev–Trinajstić information content (AvgIpc) is 2.40. The molecule has 1 heterocycles. The Morgan fingerprint density at radius 3 is 2.56 bits per heavy atom. The first-order valence-corrected chi connectivity index (χ1v) is 7.20. The predicted octanol–water partition coefficient (Wildman–Crippen LogP) is 0.774. The van der Waals surface area contributed by atoms with Crippen LogP contribution in [0, 0.1) is 0 Å². The smallest absolute Gasteiger partial charge is 0.208 e.